The molecule has 0 amide bonds. The Morgan fingerprint density at radius 3 is 1.20 bits per heavy atom. The van der Waals surface area contributed by atoms with Crippen LogP contribution in [0.3, 0.4) is 0 Å². The molecule has 0 aromatic heterocycles. The number of rotatable bonds is 25. The van der Waals surface area contributed by atoms with E-state index in [2.05, 4.69) is 33.4 Å². The number of likely N-dealkylation sites (tertiary alicyclic amines) is 3. The quantitative estimate of drug-likeness (QED) is 0.107. The van der Waals surface area contributed by atoms with Crippen LogP contribution in [0.5, 0.6) is 0 Å². The fraction of sp³-hybridized carbons (Fsp3) is 1.00. The second-order valence-corrected chi connectivity index (χ2v) is 12.9. The third-order valence-electron chi connectivity index (χ3n) is 8.97. The number of ether oxygens (including phenoxy) is 4. The zero-order valence-corrected chi connectivity index (χ0v) is 27.6. The van der Waals surface area contributed by atoms with E-state index in [1.807, 2.05) is 0 Å². The van der Waals surface area contributed by atoms with Crippen LogP contribution < -0.4 is 0 Å². The van der Waals surface area contributed by atoms with Crippen LogP contribution in [-0.4, -0.2) is 195 Å². The molecule has 3 saturated heterocycles. The fourth-order valence-corrected chi connectivity index (χ4v) is 6.42. The van der Waals surface area contributed by atoms with Crippen LogP contribution in [0.4, 0.5) is 0 Å². The molecular formula is C32H64N4O8. The van der Waals surface area contributed by atoms with Crippen molar-refractivity contribution in [3.8, 4) is 0 Å². The van der Waals surface area contributed by atoms with Gasteiger partial charge in [-0.2, -0.15) is 0 Å². The van der Waals surface area contributed by atoms with Crippen LogP contribution >= 0.6 is 0 Å². The molecule has 3 rings (SSSR count). The first-order chi connectivity index (χ1) is 21.4. The van der Waals surface area contributed by atoms with Gasteiger partial charge in [0.1, 0.15) is 12.2 Å². The van der Waals surface area contributed by atoms with Gasteiger partial charge in [-0.3, -0.25) is 0 Å². The summed E-state index contributed by atoms with van der Waals surface area (Å²) in [7, 11) is 0. The molecule has 3 heterocycles. The van der Waals surface area contributed by atoms with Crippen molar-refractivity contribution in [1.82, 2.24) is 19.6 Å². The molecule has 3 aliphatic heterocycles. The highest BCUT2D eigenvalue weighted by atomic mass is 16.6. The summed E-state index contributed by atoms with van der Waals surface area (Å²) in [6.45, 7) is 14.8. The predicted molar refractivity (Wildman–Crippen MR) is 170 cm³/mol. The summed E-state index contributed by atoms with van der Waals surface area (Å²) in [5.74, 6) is 0. The summed E-state index contributed by atoms with van der Waals surface area (Å²) in [6.07, 6.45) is 3.17. The van der Waals surface area contributed by atoms with Crippen LogP contribution in [0.25, 0.3) is 0 Å². The molecule has 12 nitrogen and oxygen atoms in total. The normalized spacial score (nSPS) is 23.0. The summed E-state index contributed by atoms with van der Waals surface area (Å²) < 4.78 is 24.5. The minimum Gasteiger partial charge on any atom is -0.389 e. The molecule has 6 unspecified atom stereocenters. The summed E-state index contributed by atoms with van der Waals surface area (Å²) >= 11 is 0. The standard InChI is InChI=1S/C32H64N4O8/c1-3-33(4-2)17-29(39)23-43-31(25-41-21-27(37)18-34-11-5-6-12-34)32(44-24-30(40)20-36-15-9-10-16-36)26-42-22-28(38)19-35-13-7-8-14-35/h27-32,37-40H,3-26H2,1-2H3. The Kier molecular flexibility index (Phi) is 19.1. The van der Waals surface area contributed by atoms with Gasteiger partial charge in [-0.25, -0.2) is 0 Å². The highest BCUT2D eigenvalue weighted by molar-refractivity contribution is 4.77. The zero-order valence-electron chi connectivity index (χ0n) is 27.6. The van der Waals surface area contributed by atoms with E-state index in [4.69, 9.17) is 18.9 Å². The average molecular weight is 633 g/mol. The monoisotopic (exact) mass is 632 g/mol. The van der Waals surface area contributed by atoms with Crippen LogP contribution in [0.15, 0.2) is 0 Å². The number of likely N-dealkylation sites (N-methyl/N-ethyl adjacent to an activating group) is 1. The van der Waals surface area contributed by atoms with E-state index >= 15 is 0 Å². The predicted octanol–water partition coefficient (Wildman–Crippen LogP) is -0.137. The Bertz CT molecular complexity index is 660. The molecule has 0 saturated carbocycles. The van der Waals surface area contributed by atoms with E-state index < -0.39 is 36.6 Å². The van der Waals surface area contributed by atoms with Gasteiger partial charge in [-0.15, -0.1) is 0 Å². The van der Waals surface area contributed by atoms with Crippen LogP contribution in [-0.2, 0) is 18.9 Å². The lowest BCUT2D eigenvalue weighted by Crippen LogP contribution is -2.45. The number of hydrogen-bond donors (Lipinski definition) is 4. The molecule has 0 bridgehead atoms. The number of nitrogens with zero attached hydrogens (tertiary/aromatic N) is 4. The van der Waals surface area contributed by atoms with Gasteiger partial charge in [0.05, 0.1) is 64.1 Å². The van der Waals surface area contributed by atoms with Crippen molar-refractivity contribution < 1.29 is 39.4 Å². The van der Waals surface area contributed by atoms with E-state index in [1.54, 1.807) is 0 Å². The number of aliphatic hydroxyl groups is 4. The molecule has 44 heavy (non-hydrogen) atoms. The van der Waals surface area contributed by atoms with Gasteiger partial charge < -0.3 is 59.0 Å². The lowest BCUT2D eigenvalue weighted by molar-refractivity contribution is -0.155. The van der Waals surface area contributed by atoms with Crippen LogP contribution in [0, 0.1) is 0 Å². The van der Waals surface area contributed by atoms with E-state index in [-0.39, 0.29) is 39.6 Å². The lowest BCUT2D eigenvalue weighted by Gasteiger charge is -2.31. The summed E-state index contributed by atoms with van der Waals surface area (Å²) in [4.78, 5) is 8.89. The molecule has 260 valence electrons. The van der Waals surface area contributed by atoms with Gasteiger partial charge in [0.25, 0.3) is 0 Å². The minimum atomic E-state index is -0.692. The first kappa shape index (κ1) is 38.0. The molecule has 4 N–H and O–H groups in total. The first-order valence-corrected chi connectivity index (χ1v) is 17.4. The summed E-state index contributed by atoms with van der Waals surface area (Å²) in [5, 5.41) is 42.7. The van der Waals surface area contributed by atoms with Gasteiger partial charge in [-0.05, 0) is 90.9 Å². The van der Waals surface area contributed by atoms with Crippen molar-refractivity contribution in [1.29, 1.82) is 0 Å². The Labute approximate surface area is 266 Å². The van der Waals surface area contributed by atoms with Crippen LogP contribution in [0.2, 0.25) is 0 Å². The minimum absolute atomic E-state index is 0.0919. The number of hydrogen-bond acceptors (Lipinski definition) is 12. The molecule has 12 heteroatoms. The molecule has 0 aliphatic carbocycles. The fourth-order valence-electron chi connectivity index (χ4n) is 6.42. The Morgan fingerprint density at radius 1 is 0.500 bits per heavy atom. The van der Waals surface area contributed by atoms with Crippen molar-refractivity contribution in [2.75, 3.05) is 118 Å². The third kappa shape index (κ3) is 15.4. The second-order valence-electron chi connectivity index (χ2n) is 12.9. The van der Waals surface area contributed by atoms with Crippen molar-refractivity contribution in [3.05, 3.63) is 0 Å². The summed E-state index contributed by atoms with van der Waals surface area (Å²) in [6, 6.07) is 0. The molecular weight excluding hydrogens is 568 g/mol. The largest absolute Gasteiger partial charge is 0.389 e. The van der Waals surface area contributed by atoms with Gasteiger partial charge in [-0.1, -0.05) is 13.8 Å². The van der Waals surface area contributed by atoms with Crippen molar-refractivity contribution >= 4 is 0 Å². The van der Waals surface area contributed by atoms with Crippen molar-refractivity contribution in [3.63, 3.8) is 0 Å². The molecule has 0 aromatic rings. The van der Waals surface area contributed by atoms with E-state index in [1.165, 1.54) is 0 Å². The lowest BCUT2D eigenvalue weighted by atomic mass is 10.2. The van der Waals surface area contributed by atoms with Crippen molar-refractivity contribution in [2.45, 2.75) is 89.0 Å². The molecule has 0 aromatic carbocycles. The van der Waals surface area contributed by atoms with Gasteiger partial charge in [0.2, 0.25) is 0 Å². The van der Waals surface area contributed by atoms with E-state index in [0.29, 0.717) is 26.2 Å². The summed E-state index contributed by atoms with van der Waals surface area (Å²) in [5.41, 5.74) is 0. The van der Waals surface area contributed by atoms with Gasteiger partial charge >= 0.3 is 0 Å². The molecule has 0 spiro atoms. The topological polar surface area (TPSA) is 131 Å². The molecule has 3 aliphatic rings. The van der Waals surface area contributed by atoms with Gasteiger partial charge in [0, 0.05) is 26.2 Å². The maximum Gasteiger partial charge on any atom is 0.109 e. The maximum absolute atomic E-state index is 10.8. The first-order valence-electron chi connectivity index (χ1n) is 17.4. The highest BCUT2D eigenvalue weighted by Gasteiger charge is 2.28. The van der Waals surface area contributed by atoms with E-state index in [9.17, 15) is 20.4 Å². The zero-order chi connectivity index (χ0) is 31.6. The Morgan fingerprint density at radius 2 is 0.841 bits per heavy atom. The number of β-amino-alcohol motifs (C(OH)–C–C–N with tert-alkyl or cyclic N) is 3. The molecule has 3 fully saturated rings. The van der Waals surface area contributed by atoms with Crippen LogP contribution in [0.1, 0.15) is 52.4 Å². The highest BCUT2D eigenvalue weighted by Crippen LogP contribution is 2.14. The Balaban J connectivity index is 1.58. The van der Waals surface area contributed by atoms with Gasteiger partial charge in [0.15, 0.2) is 0 Å². The van der Waals surface area contributed by atoms with E-state index in [0.717, 1.165) is 90.9 Å². The molecule has 0 radical (unpaired) electrons. The maximum atomic E-state index is 10.8. The SMILES string of the molecule is CCN(CC)CC(O)COC(COCC(O)CN1CCCC1)C(COCC(O)CN1CCCC1)OCC(O)CN1CCCC1. The third-order valence-corrected chi connectivity index (χ3v) is 8.97. The van der Waals surface area contributed by atoms with Crippen molar-refractivity contribution in [2.24, 2.45) is 0 Å². The second kappa shape index (κ2) is 22.2. The number of aliphatic hydroxyl groups excluding tert-OH is 4. The molecule has 6 atom stereocenters. The smallest absolute Gasteiger partial charge is 0.109 e. The average Bonchev–Trinajstić information content (AvgIpc) is 3.81. The Hall–Kier alpha value is -0.480.